The van der Waals surface area contributed by atoms with Crippen molar-refractivity contribution in [1.29, 1.82) is 0 Å². The van der Waals surface area contributed by atoms with Gasteiger partial charge in [0.2, 0.25) is 5.76 Å². The SMILES string of the molecule is CCOC(=O)/C(O)=C(\C)NC. The molecule has 0 bridgehead atoms. The standard InChI is InChI=1S/C7H13NO3/c1-4-11-7(10)6(9)5(2)8-3/h8-9H,4H2,1-3H3/b6-5-. The fourth-order valence-electron chi connectivity index (χ4n) is 0.471. The predicted molar refractivity (Wildman–Crippen MR) is 41.0 cm³/mol. The van der Waals surface area contributed by atoms with Crippen LogP contribution in [-0.4, -0.2) is 24.7 Å². The molecule has 0 saturated heterocycles. The summed E-state index contributed by atoms with van der Waals surface area (Å²) in [5.41, 5.74) is 0.406. The Bertz CT molecular complexity index is 175. The number of allylic oxidation sites excluding steroid dienone is 1. The highest BCUT2D eigenvalue weighted by Gasteiger charge is 2.10. The number of ether oxygens (including phenoxy) is 1. The number of carbonyl (C=O) groups is 1. The maximum Gasteiger partial charge on any atom is 0.375 e. The second kappa shape index (κ2) is 4.60. The Morgan fingerprint density at radius 1 is 1.64 bits per heavy atom. The highest BCUT2D eigenvalue weighted by molar-refractivity contribution is 5.86. The second-order valence-corrected chi connectivity index (χ2v) is 1.94. The van der Waals surface area contributed by atoms with Gasteiger partial charge in [-0.25, -0.2) is 4.79 Å². The van der Waals surface area contributed by atoms with Gasteiger partial charge in [-0.3, -0.25) is 0 Å². The average Bonchev–Trinajstić information content (AvgIpc) is 2.02. The summed E-state index contributed by atoms with van der Waals surface area (Å²) in [4.78, 5) is 10.8. The lowest BCUT2D eigenvalue weighted by atomic mass is 10.4. The Hall–Kier alpha value is -1.19. The largest absolute Gasteiger partial charge is 0.501 e. The Balaban J connectivity index is 4.22. The number of rotatable bonds is 3. The molecule has 0 atom stereocenters. The maximum atomic E-state index is 10.8. The van der Waals surface area contributed by atoms with Crippen LogP contribution in [0.1, 0.15) is 13.8 Å². The Morgan fingerprint density at radius 3 is 2.55 bits per heavy atom. The van der Waals surface area contributed by atoms with Gasteiger partial charge in [0.1, 0.15) is 0 Å². The molecule has 0 aliphatic carbocycles. The number of hydrogen-bond acceptors (Lipinski definition) is 4. The summed E-state index contributed by atoms with van der Waals surface area (Å²) >= 11 is 0. The molecular formula is C7H13NO3. The van der Waals surface area contributed by atoms with Crippen molar-refractivity contribution in [2.75, 3.05) is 13.7 Å². The first-order valence-electron chi connectivity index (χ1n) is 3.38. The third kappa shape index (κ3) is 2.93. The van der Waals surface area contributed by atoms with E-state index < -0.39 is 5.97 Å². The summed E-state index contributed by atoms with van der Waals surface area (Å²) in [5, 5.41) is 11.7. The van der Waals surface area contributed by atoms with Crippen molar-refractivity contribution >= 4 is 5.97 Å². The molecule has 0 fully saturated rings. The molecule has 0 aromatic carbocycles. The quantitative estimate of drug-likeness (QED) is 0.359. The number of aliphatic hydroxyl groups excluding tert-OH is 1. The van der Waals surface area contributed by atoms with Gasteiger partial charge in [0, 0.05) is 7.05 Å². The lowest BCUT2D eigenvalue weighted by molar-refractivity contribution is -0.141. The summed E-state index contributed by atoms with van der Waals surface area (Å²) in [6.45, 7) is 3.53. The van der Waals surface area contributed by atoms with E-state index in [0.717, 1.165) is 0 Å². The van der Waals surface area contributed by atoms with Crippen LogP contribution in [0.4, 0.5) is 0 Å². The minimum atomic E-state index is -0.695. The summed E-state index contributed by atoms with van der Waals surface area (Å²) in [6.07, 6.45) is 0. The molecular weight excluding hydrogens is 146 g/mol. The van der Waals surface area contributed by atoms with E-state index in [1.165, 1.54) is 0 Å². The van der Waals surface area contributed by atoms with E-state index in [0.29, 0.717) is 5.70 Å². The number of esters is 1. The molecule has 0 spiro atoms. The van der Waals surface area contributed by atoms with Crippen LogP contribution in [0.5, 0.6) is 0 Å². The number of carbonyl (C=O) groups excluding carboxylic acids is 1. The lowest BCUT2D eigenvalue weighted by Crippen LogP contribution is -2.14. The predicted octanol–water partition coefficient (Wildman–Crippen LogP) is 0.558. The van der Waals surface area contributed by atoms with Crippen LogP contribution in [0.2, 0.25) is 0 Å². The number of hydrogen-bond donors (Lipinski definition) is 2. The maximum absolute atomic E-state index is 10.8. The minimum Gasteiger partial charge on any atom is -0.501 e. The van der Waals surface area contributed by atoms with Crippen molar-refractivity contribution in [1.82, 2.24) is 5.32 Å². The summed E-state index contributed by atoms with van der Waals surface area (Å²) in [7, 11) is 1.62. The third-order valence-corrected chi connectivity index (χ3v) is 1.20. The van der Waals surface area contributed by atoms with Gasteiger partial charge in [-0.1, -0.05) is 0 Å². The number of aliphatic hydroxyl groups is 1. The monoisotopic (exact) mass is 159 g/mol. The van der Waals surface area contributed by atoms with E-state index in [9.17, 15) is 4.79 Å². The Morgan fingerprint density at radius 2 is 2.18 bits per heavy atom. The van der Waals surface area contributed by atoms with Gasteiger partial charge in [0.05, 0.1) is 12.3 Å². The molecule has 0 amide bonds. The van der Waals surface area contributed by atoms with Gasteiger partial charge in [0.15, 0.2) is 0 Å². The van der Waals surface area contributed by atoms with Crippen LogP contribution < -0.4 is 5.32 Å². The molecule has 0 saturated carbocycles. The van der Waals surface area contributed by atoms with E-state index in [2.05, 4.69) is 10.1 Å². The molecule has 0 unspecified atom stereocenters. The fourth-order valence-corrected chi connectivity index (χ4v) is 0.471. The van der Waals surface area contributed by atoms with Gasteiger partial charge < -0.3 is 15.2 Å². The van der Waals surface area contributed by atoms with Crippen molar-refractivity contribution in [3.8, 4) is 0 Å². The molecule has 4 heteroatoms. The molecule has 0 rings (SSSR count). The van der Waals surface area contributed by atoms with E-state index in [4.69, 9.17) is 5.11 Å². The molecule has 2 N–H and O–H groups in total. The van der Waals surface area contributed by atoms with E-state index in [1.807, 2.05) is 0 Å². The van der Waals surface area contributed by atoms with Crippen LogP contribution in [0, 0.1) is 0 Å². The Kier molecular flexibility index (Phi) is 4.10. The van der Waals surface area contributed by atoms with Crippen LogP contribution in [0.25, 0.3) is 0 Å². The Labute approximate surface area is 65.9 Å². The van der Waals surface area contributed by atoms with Gasteiger partial charge in [-0.05, 0) is 13.8 Å². The van der Waals surface area contributed by atoms with Crippen LogP contribution >= 0.6 is 0 Å². The molecule has 0 radical (unpaired) electrons. The zero-order valence-corrected chi connectivity index (χ0v) is 6.97. The second-order valence-electron chi connectivity index (χ2n) is 1.94. The van der Waals surface area contributed by atoms with E-state index >= 15 is 0 Å². The van der Waals surface area contributed by atoms with Gasteiger partial charge in [0.25, 0.3) is 0 Å². The topological polar surface area (TPSA) is 58.6 Å². The zero-order chi connectivity index (χ0) is 8.85. The summed E-state index contributed by atoms with van der Waals surface area (Å²) in [6, 6.07) is 0. The first-order chi connectivity index (χ1) is 5.13. The third-order valence-electron chi connectivity index (χ3n) is 1.20. The fraction of sp³-hybridized carbons (Fsp3) is 0.571. The number of nitrogens with one attached hydrogen (secondary N) is 1. The first-order valence-corrected chi connectivity index (χ1v) is 3.38. The van der Waals surface area contributed by atoms with Gasteiger partial charge in [-0.2, -0.15) is 0 Å². The van der Waals surface area contributed by atoms with Crippen LogP contribution in [0.3, 0.4) is 0 Å². The zero-order valence-electron chi connectivity index (χ0n) is 6.97. The van der Waals surface area contributed by atoms with Crippen molar-refractivity contribution < 1.29 is 14.6 Å². The summed E-state index contributed by atoms with van der Waals surface area (Å²) in [5.74, 6) is -1.06. The average molecular weight is 159 g/mol. The molecule has 0 aliphatic heterocycles. The molecule has 64 valence electrons. The van der Waals surface area contributed by atoms with E-state index in [-0.39, 0.29) is 12.4 Å². The van der Waals surface area contributed by atoms with E-state index in [1.54, 1.807) is 20.9 Å². The van der Waals surface area contributed by atoms with Crippen LogP contribution in [0.15, 0.2) is 11.5 Å². The summed E-state index contributed by atoms with van der Waals surface area (Å²) < 4.78 is 4.54. The first kappa shape index (κ1) is 9.81. The molecule has 0 heterocycles. The van der Waals surface area contributed by atoms with Crippen LogP contribution in [-0.2, 0) is 9.53 Å². The normalized spacial score (nSPS) is 11.9. The smallest absolute Gasteiger partial charge is 0.375 e. The highest BCUT2D eigenvalue weighted by atomic mass is 16.5. The highest BCUT2D eigenvalue weighted by Crippen LogP contribution is 1.98. The molecule has 11 heavy (non-hydrogen) atoms. The van der Waals surface area contributed by atoms with Gasteiger partial charge >= 0.3 is 5.97 Å². The van der Waals surface area contributed by atoms with Gasteiger partial charge in [-0.15, -0.1) is 0 Å². The molecule has 0 aromatic rings. The van der Waals surface area contributed by atoms with Crippen molar-refractivity contribution in [3.63, 3.8) is 0 Å². The van der Waals surface area contributed by atoms with Crippen molar-refractivity contribution in [3.05, 3.63) is 11.5 Å². The molecule has 0 aliphatic rings. The minimum absolute atomic E-state index is 0.264. The van der Waals surface area contributed by atoms with Crippen molar-refractivity contribution in [2.45, 2.75) is 13.8 Å². The lowest BCUT2D eigenvalue weighted by Gasteiger charge is -2.03. The molecule has 4 nitrogen and oxygen atoms in total. The van der Waals surface area contributed by atoms with Crippen molar-refractivity contribution in [2.24, 2.45) is 0 Å². The molecule has 0 aromatic heterocycles.